The van der Waals surface area contributed by atoms with Gasteiger partial charge in [0.1, 0.15) is 0 Å². The first kappa shape index (κ1) is 19.7. The number of fused-ring (bicyclic) bond motifs is 5. The van der Waals surface area contributed by atoms with Crippen molar-refractivity contribution in [3.8, 4) is 0 Å². The normalized spacial score (nSPS) is 50.4. The molecule has 0 amide bonds. The highest BCUT2D eigenvalue weighted by Crippen LogP contribution is 2.68. The summed E-state index contributed by atoms with van der Waals surface area (Å²) in [6.07, 6.45) is 12.5. The molecule has 0 spiro atoms. The fourth-order valence-corrected chi connectivity index (χ4v) is 8.88. The number of carboxylic acid groups (broad SMARTS) is 1. The number of aliphatic carboxylic acids is 1. The Morgan fingerprint density at radius 2 is 1.74 bits per heavy atom. The van der Waals surface area contributed by atoms with Gasteiger partial charge in [0.2, 0.25) is 0 Å². The van der Waals surface area contributed by atoms with Gasteiger partial charge in [-0.25, -0.2) is 0 Å². The molecule has 0 bridgehead atoms. The molecule has 0 heterocycles. The summed E-state index contributed by atoms with van der Waals surface area (Å²) < 4.78 is 0. The monoisotopic (exact) mass is 376 g/mol. The fraction of sp³-hybridized carbons (Fsp3) is 0.958. The molecule has 2 N–H and O–H groups in total. The molecule has 0 aromatic carbocycles. The van der Waals surface area contributed by atoms with E-state index in [0.717, 1.165) is 24.7 Å². The largest absolute Gasteiger partial charge is 0.481 e. The van der Waals surface area contributed by atoms with Crippen molar-refractivity contribution >= 4 is 5.97 Å². The zero-order valence-electron chi connectivity index (χ0n) is 17.6. The van der Waals surface area contributed by atoms with Gasteiger partial charge in [0.15, 0.2) is 0 Å². The first-order valence-corrected chi connectivity index (χ1v) is 11.7. The van der Waals surface area contributed by atoms with Crippen LogP contribution in [0, 0.1) is 46.3 Å². The highest BCUT2D eigenvalue weighted by atomic mass is 16.4. The Balaban J connectivity index is 1.55. The van der Waals surface area contributed by atoms with Crippen LogP contribution in [-0.2, 0) is 4.79 Å². The molecule has 4 aliphatic carbocycles. The quantitative estimate of drug-likeness (QED) is 0.680. The molecule has 0 aliphatic heterocycles. The lowest BCUT2D eigenvalue weighted by atomic mass is 9.44. The number of hydrogen-bond donors (Lipinski definition) is 2. The van der Waals surface area contributed by atoms with E-state index in [9.17, 15) is 9.90 Å². The Labute approximate surface area is 165 Å². The standard InChI is InChI=1S/C24H40O3/c1-15(7-10-22(26)27)17-8-9-18-16-14-21(25)20-6-4-5-12-23(20,2)19(16)11-13-24(17,18)3/h15-21,25H,4-14H2,1-3H3,(H,26,27)/t15-,16+,17-,18+,19+,20?,21?,23-,24-/m1/s1. The van der Waals surface area contributed by atoms with Crippen LogP contribution >= 0.6 is 0 Å². The minimum absolute atomic E-state index is 0.0950. The molecule has 9 atom stereocenters. The lowest BCUT2D eigenvalue weighted by Gasteiger charge is -2.62. The summed E-state index contributed by atoms with van der Waals surface area (Å²) in [6.45, 7) is 7.33. The number of carboxylic acids is 1. The Morgan fingerprint density at radius 1 is 1.00 bits per heavy atom. The lowest BCUT2D eigenvalue weighted by Crippen LogP contribution is -2.57. The zero-order valence-corrected chi connectivity index (χ0v) is 17.6. The van der Waals surface area contributed by atoms with Crippen LogP contribution in [0.25, 0.3) is 0 Å². The molecule has 4 aliphatic rings. The van der Waals surface area contributed by atoms with Crippen LogP contribution in [0.5, 0.6) is 0 Å². The molecule has 2 unspecified atom stereocenters. The van der Waals surface area contributed by atoms with Crippen LogP contribution in [0.15, 0.2) is 0 Å². The van der Waals surface area contributed by atoms with Crippen molar-refractivity contribution in [1.82, 2.24) is 0 Å². The van der Waals surface area contributed by atoms with E-state index in [4.69, 9.17) is 5.11 Å². The van der Waals surface area contributed by atoms with E-state index in [1.54, 1.807) is 0 Å². The fourth-order valence-electron chi connectivity index (χ4n) is 8.88. The van der Waals surface area contributed by atoms with Gasteiger partial charge in [-0.05, 0) is 97.7 Å². The van der Waals surface area contributed by atoms with E-state index >= 15 is 0 Å². The van der Waals surface area contributed by atoms with Gasteiger partial charge in [0, 0.05) is 6.42 Å². The smallest absolute Gasteiger partial charge is 0.303 e. The zero-order chi connectivity index (χ0) is 19.4. The predicted octanol–water partition coefficient (Wildman–Crippen LogP) is 5.51. The summed E-state index contributed by atoms with van der Waals surface area (Å²) in [7, 11) is 0. The van der Waals surface area contributed by atoms with Crippen LogP contribution in [-0.4, -0.2) is 22.3 Å². The van der Waals surface area contributed by atoms with Crippen molar-refractivity contribution in [2.75, 3.05) is 0 Å². The van der Waals surface area contributed by atoms with E-state index < -0.39 is 5.97 Å². The highest BCUT2D eigenvalue weighted by Gasteiger charge is 2.61. The van der Waals surface area contributed by atoms with Crippen LogP contribution in [0.3, 0.4) is 0 Å². The average molecular weight is 377 g/mol. The maximum Gasteiger partial charge on any atom is 0.303 e. The second kappa shape index (κ2) is 7.04. The van der Waals surface area contributed by atoms with Gasteiger partial charge >= 0.3 is 5.97 Å². The molecule has 154 valence electrons. The van der Waals surface area contributed by atoms with Gasteiger partial charge in [-0.15, -0.1) is 0 Å². The number of carbonyl (C=O) groups is 1. The summed E-state index contributed by atoms with van der Waals surface area (Å²) in [6, 6.07) is 0. The second-order valence-electron chi connectivity index (χ2n) is 11.2. The molecular weight excluding hydrogens is 336 g/mol. The summed E-state index contributed by atoms with van der Waals surface area (Å²) in [5, 5.41) is 20.2. The van der Waals surface area contributed by atoms with E-state index in [-0.39, 0.29) is 6.10 Å². The van der Waals surface area contributed by atoms with E-state index in [0.29, 0.717) is 40.9 Å². The third-order valence-electron chi connectivity index (χ3n) is 10.2. The summed E-state index contributed by atoms with van der Waals surface area (Å²) in [5.41, 5.74) is 0.714. The molecule has 3 heteroatoms. The summed E-state index contributed by atoms with van der Waals surface area (Å²) in [5.74, 6) is 3.27. The van der Waals surface area contributed by atoms with Gasteiger partial charge < -0.3 is 10.2 Å². The van der Waals surface area contributed by atoms with Crippen molar-refractivity contribution in [2.24, 2.45) is 46.3 Å². The van der Waals surface area contributed by atoms with E-state index in [1.807, 2.05) is 0 Å². The van der Waals surface area contributed by atoms with Crippen LogP contribution in [0.4, 0.5) is 0 Å². The summed E-state index contributed by atoms with van der Waals surface area (Å²) in [4.78, 5) is 11.0. The Kier molecular flexibility index (Phi) is 5.15. The number of aliphatic hydroxyl groups is 1. The van der Waals surface area contributed by atoms with E-state index in [2.05, 4.69) is 20.8 Å². The maximum atomic E-state index is 11.1. The van der Waals surface area contributed by atoms with Crippen LogP contribution in [0.2, 0.25) is 0 Å². The molecular formula is C24H40O3. The molecule has 0 aromatic heterocycles. The molecule has 0 aromatic rings. The number of aliphatic hydroxyl groups excluding tert-OH is 1. The molecule has 3 nitrogen and oxygen atoms in total. The van der Waals surface area contributed by atoms with Crippen LogP contribution in [0.1, 0.15) is 91.4 Å². The SMILES string of the molecule is C[C@H](CCC(=O)O)[C@H]1CC[C@H]2[C@@H]3CC(O)C4CCCC[C@]4(C)[C@H]3CC[C@]12C. The first-order valence-electron chi connectivity index (χ1n) is 11.7. The lowest BCUT2D eigenvalue weighted by molar-refractivity contribution is -0.159. The van der Waals surface area contributed by atoms with Gasteiger partial charge in [-0.2, -0.15) is 0 Å². The van der Waals surface area contributed by atoms with Gasteiger partial charge in [0.25, 0.3) is 0 Å². The Hall–Kier alpha value is -0.570. The molecule has 4 rings (SSSR count). The van der Waals surface area contributed by atoms with Crippen molar-refractivity contribution in [1.29, 1.82) is 0 Å². The molecule has 4 saturated carbocycles. The summed E-state index contributed by atoms with van der Waals surface area (Å²) >= 11 is 0. The Bertz CT molecular complexity index is 574. The topological polar surface area (TPSA) is 57.5 Å². The third kappa shape index (κ3) is 3.07. The molecule has 4 fully saturated rings. The van der Waals surface area contributed by atoms with Crippen molar-refractivity contribution in [3.05, 3.63) is 0 Å². The Morgan fingerprint density at radius 3 is 2.48 bits per heavy atom. The van der Waals surface area contributed by atoms with Gasteiger partial charge in [0.05, 0.1) is 6.10 Å². The third-order valence-corrected chi connectivity index (χ3v) is 10.2. The van der Waals surface area contributed by atoms with E-state index in [1.165, 1.54) is 51.4 Å². The average Bonchev–Trinajstić information content (AvgIpc) is 2.97. The molecule has 0 radical (unpaired) electrons. The predicted molar refractivity (Wildman–Crippen MR) is 107 cm³/mol. The van der Waals surface area contributed by atoms with Gasteiger partial charge in [-0.1, -0.05) is 33.6 Å². The highest BCUT2D eigenvalue weighted by molar-refractivity contribution is 5.66. The minimum Gasteiger partial charge on any atom is -0.481 e. The van der Waals surface area contributed by atoms with Crippen molar-refractivity contribution in [3.63, 3.8) is 0 Å². The number of hydrogen-bond acceptors (Lipinski definition) is 2. The van der Waals surface area contributed by atoms with Crippen LogP contribution < -0.4 is 0 Å². The number of rotatable bonds is 4. The van der Waals surface area contributed by atoms with Crippen molar-refractivity contribution < 1.29 is 15.0 Å². The second-order valence-corrected chi connectivity index (χ2v) is 11.2. The van der Waals surface area contributed by atoms with Crippen molar-refractivity contribution in [2.45, 2.75) is 97.5 Å². The minimum atomic E-state index is -0.656. The van der Waals surface area contributed by atoms with Gasteiger partial charge in [-0.3, -0.25) is 4.79 Å². The molecule has 27 heavy (non-hydrogen) atoms. The first-order chi connectivity index (χ1) is 12.8. The molecule has 0 saturated heterocycles. The maximum absolute atomic E-state index is 11.1.